The van der Waals surface area contributed by atoms with Gasteiger partial charge in [-0.25, -0.2) is 0 Å². The molecular formula is C10H20N4O. The number of ether oxygens (including phenoxy) is 1. The first-order chi connectivity index (χ1) is 6.99. The molecular weight excluding hydrogens is 192 g/mol. The number of nitrogens with one attached hydrogen (secondary N) is 1. The average molecular weight is 212 g/mol. The van der Waals surface area contributed by atoms with Gasteiger partial charge in [-0.1, -0.05) is 0 Å². The maximum atomic E-state index is 5.85. The number of H-pyrrole nitrogens is 1. The Hall–Kier alpha value is -1.39. The molecule has 0 saturated carbocycles. The van der Waals surface area contributed by atoms with Crippen molar-refractivity contribution in [3.63, 3.8) is 0 Å². The van der Waals surface area contributed by atoms with E-state index < -0.39 is 0 Å². The van der Waals surface area contributed by atoms with Crippen molar-refractivity contribution in [2.45, 2.75) is 39.8 Å². The zero-order valence-electron chi connectivity index (χ0n) is 10.0. The minimum atomic E-state index is 0.346. The van der Waals surface area contributed by atoms with Crippen LogP contribution in [0.15, 0.2) is 0 Å². The number of methoxy groups -OCH3 is 1. The number of hydrogen-bond donors (Lipinski definition) is 2. The molecule has 0 atom stereocenters. The number of rotatable bonds is 4. The predicted octanol–water partition coefficient (Wildman–Crippen LogP) is 1.62. The van der Waals surface area contributed by atoms with Gasteiger partial charge in [-0.3, -0.25) is 5.10 Å². The van der Waals surface area contributed by atoms with Crippen LogP contribution in [0, 0.1) is 0 Å². The summed E-state index contributed by atoms with van der Waals surface area (Å²) >= 11 is 0. The first-order valence-corrected chi connectivity index (χ1v) is 5.15. The Balaban J connectivity index is 3.15. The molecule has 86 valence electrons. The summed E-state index contributed by atoms with van der Waals surface area (Å²) in [6, 6.07) is 0.692. The molecule has 0 amide bonds. The lowest BCUT2D eigenvalue weighted by Gasteiger charge is -2.32. The highest BCUT2D eigenvalue weighted by Gasteiger charge is 2.23. The lowest BCUT2D eigenvalue weighted by atomic mass is 10.2. The lowest BCUT2D eigenvalue weighted by Crippen LogP contribution is -2.37. The van der Waals surface area contributed by atoms with Gasteiger partial charge in [0.05, 0.1) is 7.11 Å². The molecule has 0 unspecified atom stereocenters. The third-order valence-electron chi connectivity index (χ3n) is 2.30. The number of anilines is 2. The molecule has 15 heavy (non-hydrogen) atoms. The number of nitrogens with two attached hydrogens (primary N) is 1. The van der Waals surface area contributed by atoms with Crippen LogP contribution in [0.25, 0.3) is 0 Å². The Kier molecular flexibility index (Phi) is 3.44. The standard InChI is InChI=1S/C10H20N4O/c1-6(2)14(7(3)4)8-9(11)12-13-10(8)15-5/h6-7H,1-5H3,(H3,11,12,13). The highest BCUT2D eigenvalue weighted by molar-refractivity contribution is 5.70. The fraction of sp³-hybridized carbons (Fsp3) is 0.700. The maximum absolute atomic E-state index is 5.85. The smallest absolute Gasteiger partial charge is 0.258 e. The summed E-state index contributed by atoms with van der Waals surface area (Å²) in [5.41, 5.74) is 6.70. The zero-order chi connectivity index (χ0) is 11.6. The Labute approximate surface area is 90.6 Å². The van der Waals surface area contributed by atoms with Gasteiger partial charge in [-0.2, -0.15) is 0 Å². The van der Waals surface area contributed by atoms with E-state index in [0.717, 1.165) is 5.69 Å². The summed E-state index contributed by atoms with van der Waals surface area (Å²) in [5.74, 6) is 1.10. The molecule has 1 aromatic rings. The SMILES string of the molecule is COc1n[nH]c(N)c1N(C(C)C)C(C)C. The van der Waals surface area contributed by atoms with Gasteiger partial charge in [0.2, 0.25) is 0 Å². The first kappa shape index (κ1) is 11.7. The van der Waals surface area contributed by atoms with E-state index in [2.05, 4.69) is 42.8 Å². The highest BCUT2D eigenvalue weighted by Crippen LogP contribution is 2.34. The van der Waals surface area contributed by atoms with Crippen molar-refractivity contribution >= 4 is 11.5 Å². The van der Waals surface area contributed by atoms with Crippen molar-refractivity contribution in [3.05, 3.63) is 0 Å². The molecule has 0 aliphatic heterocycles. The minimum Gasteiger partial charge on any atom is -0.478 e. The molecule has 0 bridgehead atoms. The topological polar surface area (TPSA) is 67.2 Å². The summed E-state index contributed by atoms with van der Waals surface area (Å²) < 4.78 is 5.18. The molecule has 5 heteroatoms. The molecule has 0 aliphatic carbocycles. The summed E-state index contributed by atoms with van der Waals surface area (Å²) in [6.07, 6.45) is 0. The monoisotopic (exact) mass is 212 g/mol. The van der Waals surface area contributed by atoms with Crippen molar-refractivity contribution < 1.29 is 4.74 Å². The van der Waals surface area contributed by atoms with Gasteiger partial charge in [0.15, 0.2) is 0 Å². The van der Waals surface area contributed by atoms with Gasteiger partial charge in [0.25, 0.3) is 5.88 Å². The van der Waals surface area contributed by atoms with Gasteiger partial charge >= 0.3 is 0 Å². The number of hydrogen-bond acceptors (Lipinski definition) is 4. The van der Waals surface area contributed by atoms with E-state index in [-0.39, 0.29) is 0 Å². The molecule has 0 fully saturated rings. The van der Waals surface area contributed by atoms with E-state index in [4.69, 9.17) is 10.5 Å². The van der Waals surface area contributed by atoms with E-state index in [1.54, 1.807) is 7.11 Å². The summed E-state index contributed by atoms with van der Waals surface area (Å²) in [5, 5.41) is 6.75. The van der Waals surface area contributed by atoms with Crippen LogP contribution in [0.4, 0.5) is 11.5 Å². The van der Waals surface area contributed by atoms with Crippen LogP contribution in [-0.2, 0) is 0 Å². The van der Waals surface area contributed by atoms with E-state index in [1.807, 2.05) is 0 Å². The zero-order valence-corrected chi connectivity index (χ0v) is 10.0. The molecule has 1 rings (SSSR count). The molecule has 3 N–H and O–H groups in total. The van der Waals surface area contributed by atoms with Crippen molar-refractivity contribution in [1.29, 1.82) is 0 Å². The second-order valence-electron chi connectivity index (χ2n) is 4.09. The van der Waals surface area contributed by atoms with Gasteiger partial charge in [-0.05, 0) is 27.7 Å². The second kappa shape index (κ2) is 4.42. The Bertz CT molecular complexity index is 311. The molecule has 0 saturated heterocycles. The van der Waals surface area contributed by atoms with E-state index in [0.29, 0.717) is 23.8 Å². The molecule has 0 radical (unpaired) electrons. The molecule has 5 nitrogen and oxygen atoms in total. The Morgan fingerprint density at radius 3 is 2.20 bits per heavy atom. The van der Waals surface area contributed by atoms with Crippen molar-refractivity contribution in [2.24, 2.45) is 0 Å². The van der Waals surface area contributed by atoms with E-state index in [1.165, 1.54) is 0 Å². The molecule has 1 heterocycles. The molecule has 0 spiro atoms. The van der Waals surface area contributed by atoms with E-state index in [9.17, 15) is 0 Å². The number of nitrogens with zero attached hydrogens (tertiary/aromatic N) is 2. The summed E-state index contributed by atoms with van der Waals surface area (Å²) in [7, 11) is 1.60. The largest absolute Gasteiger partial charge is 0.478 e. The van der Waals surface area contributed by atoms with Gasteiger partial charge < -0.3 is 15.4 Å². The van der Waals surface area contributed by atoms with Crippen LogP contribution in [0.2, 0.25) is 0 Å². The Morgan fingerprint density at radius 2 is 1.80 bits per heavy atom. The molecule has 0 aliphatic rings. The molecule has 0 aromatic carbocycles. The minimum absolute atomic E-state index is 0.346. The fourth-order valence-corrected chi connectivity index (χ4v) is 1.84. The van der Waals surface area contributed by atoms with Gasteiger partial charge in [-0.15, -0.1) is 5.10 Å². The van der Waals surface area contributed by atoms with Crippen LogP contribution < -0.4 is 15.4 Å². The quantitative estimate of drug-likeness (QED) is 0.796. The summed E-state index contributed by atoms with van der Waals surface area (Å²) in [6.45, 7) is 8.47. The lowest BCUT2D eigenvalue weighted by molar-refractivity contribution is 0.394. The van der Waals surface area contributed by atoms with Crippen LogP contribution >= 0.6 is 0 Å². The highest BCUT2D eigenvalue weighted by atomic mass is 16.5. The maximum Gasteiger partial charge on any atom is 0.258 e. The average Bonchev–Trinajstić information content (AvgIpc) is 2.47. The van der Waals surface area contributed by atoms with Crippen LogP contribution in [0.5, 0.6) is 5.88 Å². The summed E-state index contributed by atoms with van der Waals surface area (Å²) in [4.78, 5) is 2.18. The Morgan fingerprint density at radius 1 is 1.27 bits per heavy atom. The molecule has 1 aromatic heterocycles. The van der Waals surface area contributed by atoms with Crippen LogP contribution in [0.1, 0.15) is 27.7 Å². The van der Waals surface area contributed by atoms with Crippen LogP contribution in [0.3, 0.4) is 0 Å². The van der Waals surface area contributed by atoms with Gasteiger partial charge in [0.1, 0.15) is 11.5 Å². The third kappa shape index (κ3) is 2.16. The number of aromatic amines is 1. The normalized spacial score (nSPS) is 11.1. The number of aromatic nitrogens is 2. The van der Waals surface area contributed by atoms with E-state index >= 15 is 0 Å². The number of nitrogen functional groups attached to an aromatic ring is 1. The van der Waals surface area contributed by atoms with Crippen molar-refractivity contribution in [2.75, 3.05) is 17.7 Å². The van der Waals surface area contributed by atoms with Crippen molar-refractivity contribution in [3.8, 4) is 5.88 Å². The van der Waals surface area contributed by atoms with Gasteiger partial charge in [0, 0.05) is 12.1 Å². The second-order valence-corrected chi connectivity index (χ2v) is 4.09. The first-order valence-electron chi connectivity index (χ1n) is 5.15. The van der Waals surface area contributed by atoms with Crippen LogP contribution in [-0.4, -0.2) is 29.4 Å². The predicted molar refractivity (Wildman–Crippen MR) is 62.3 cm³/mol. The van der Waals surface area contributed by atoms with Crippen molar-refractivity contribution in [1.82, 2.24) is 10.2 Å². The fourth-order valence-electron chi connectivity index (χ4n) is 1.84. The third-order valence-corrected chi connectivity index (χ3v) is 2.30.